The molecule has 0 amide bonds. The number of nitrogens with one attached hydrogen (secondary N) is 2. The fourth-order valence-corrected chi connectivity index (χ4v) is 6.18. The Labute approximate surface area is 209 Å². The first-order valence-electron chi connectivity index (χ1n) is 10.5. The molecule has 2 fully saturated rings. The van der Waals surface area contributed by atoms with Crippen LogP contribution < -0.4 is 37.4 Å². The Balaban J connectivity index is 1.68. The number of hydrogen-bond acceptors (Lipinski definition) is 6. The predicted molar refractivity (Wildman–Crippen MR) is 117 cm³/mol. The van der Waals surface area contributed by atoms with E-state index in [0.29, 0.717) is 16.4 Å². The molecular weight excluding hydrogens is 588 g/mol. The smallest absolute Gasteiger partial charge is 0.296 e. The molecule has 1 saturated heterocycles. The summed E-state index contributed by atoms with van der Waals surface area (Å²) in [5.74, 6) is -4.43. The Morgan fingerprint density at radius 2 is 1.85 bits per heavy atom. The van der Waals surface area contributed by atoms with Crippen LogP contribution in [-0.2, 0) is 19.5 Å². The molecule has 12 heteroatoms. The van der Waals surface area contributed by atoms with Crippen LogP contribution in [0, 0.1) is 21.0 Å². The normalized spacial score (nSPS) is 20.7. The van der Waals surface area contributed by atoms with Crippen LogP contribution in [-0.4, -0.2) is 38.8 Å². The van der Waals surface area contributed by atoms with Crippen molar-refractivity contribution in [1.82, 2.24) is 0 Å². The highest BCUT2D eigenvalue weighted by atomic mass is 127. The molecular formula is C22H25F3IN2O5S+. The zero-order valence-electron chi connectivity index (χ0n) is 18.7. The quantitative estimate of drug-likeness (QED) is 0.435. The molecule has 0 spiro atoms. The molecule has 2 aromatic carbocycles. The minimum atomic E-state index is -4.11. The molecule has 0 bridgehead atoms. The van der Waals surface area contributed by atoms with Gasteiger partial charge in [0, 0.05) is 12.1 Å². The van der Waals surface area contributed by atoms with E-state index in [2.05, 4.69) is 10.0 Å². The van der Waals surface area contributed by atoms with Gasteiger partial charge in [-0.2, -0.15) is 0 Å². The molecule has 2 aliphatic rings. The number of ether oxygens (including phenoxy) is 3. The standard InChI is InChI=1S/C22H25F3IN2O5S/c1-21(2)32-11-13(33-21)10-22(6-7-22)34(29,30)28-19-17(31-3)9-15(24)18(25)20(19)27-16-5-4-12(26)8-14(16)23/h4-5,8-9,13,26-28H,6-7,10-11H2,1-3H3/q+1/t13-/m0/s1. The van der Waals surface area contributed by atoms with E-state index in [1.807, 2.05) is 0 Å². The van der Waals surface area contributed by atoms with E-state index in [1.165, 1.54) is 19.2 Å². The lowest BCUT2D eigenvalue weighted by atomic mass is 10.2. The van der Waals surface area contributed by atoms with Gasteiger partial charge in [-0.3, -0.25) is 4.72 Å². The van der Waals surface area contributed by atoms with E-state index in [-0.39, 0.29) is 30.2 Å². The van der Waals surface area contributed by atoms with Crippen molar-refractivity contribution in [3.63, 3.8) is 0 Å². The molecule has 0 unspecified atom stereocenters. The van der Waals surface area contributed by atoms with Crippen LogP contribution in [0.5, 0.6) is 5.75 Å². The molecule has 4 rings (SSSR count). The Bertz CT molecular complexity index is 1220. The van der Waals surface area contributed by atoms with E-state index in [1.54, 1.807) is 42.5 Å². The van der Waals surface area contributed by atoms with Crippen molar-refractivity contribution >= 4 is 27.1 Å². The van der Waals surface area contributed by atoms with Crippen molar-refractivity contribution in [2.45, 2.75) is 49.7 Å². The van der Waals surface area contributed by atoms with Gasteiger partial charge >= 0.3 is 0 Å². The molecule has 1 heterocycles. The summed E-state index contributed by atoms with van der Waals surface area (Å²) >= 11 is 1.60. The van der Waals surface area contributed by atoms with Crippen molar-refractivity contribution in [1.29, 1.82) is 0 Å². The number of anilines is 3. The molecule has 1 aliphatic carbocycles. The molecule has 1 atom stereocenters. The van der Waals surface area contributed by atoms with Crippen molar-refractivity contribution in [3.05, 3.63) is 45.3 Å². The van der Waals surface area contributed by atoms with Gasteiger partial charge in [0.2, 0.25) is 10.0 Å². The van der Waals surface area contributed by atoms with Gasteiger partial charge in [0.05, 0.1) is 30.3 Å². The first kappa shape index (κ1) is 25.3. The molecule has 34 heavy (non-hydrogen) atoms. The lowest BCUT2D eigenvalue weighted by molar-refractivity contribution is -0.328. The Kier molecular flexibility index (Phi) is 6.72. The van der Waals surface area contributed by atoms with Crippen LogP contribution in [0.3, 0.4) is 0 Å². The first-order chi connectivity index (χ1) is 15.9. The summed E-state index contributed by atoms with van der Waals surface area (Å²) in [7, 11) is -2.91. The van der Waals surface area contributed by atoms with Gasteiger partial charge in [-0.15, -0.1) is 0 Å². The van der Waals surface area contributed by atoms with E-state index in [4.69, 9.17) is 14.2 Å². The predicted octanol–water partition coefficient (Wildman–Crippen LogP) is 1.13. The van der Waals surface area contributed by atoms with Crippen molar-refractivity contribution < 1.29 is 58.4 Å². The monoisotopic (exact) mass is 613 g/mol. The molecule has 0 aromatic heterocycles. The summed E-state index contributed by atoms with van der Waals surface area (Å²) in [6, 6.07) is 4.89. The van der Waals surface area contributed by atoms with Crippen LogP contribution in [0.2, 0.25) is 0 Å². The molecule has 186 valence electrons. The van der Waals surface area contributed by atoms with E-state index in [9.17, 15) is 21.6 Å². The minimum Gasteiger partial charge on any atom is -0.494 e. The van der Waals surface area contributed by atoms with Crippen LogP contribution in [0.15, 0.2) is 24.3 Å². The van der Waals surface area contributed by atoms with Gasteiger partial charge in [0.15, 0.2) is 26.8 Å². The van der Waals surface area contributed by atoms with E-state index in [0.717, 1.165) is 6.07 Å². The number of benzene rings is 2. The maximum Gasteiger partial charge on any atom is 0.296 e. The van der Waals surface area contributed by atoms with Crippen LogP contribution >= 0.6 is 0 Å². The average molecular weight is 613 g/mol. The maximum absolute atomic E-state index is 14.9. The summed E-state index contributed by atoms with van der Waals surface area (Å²) in [5.41, 5.74) is -1.09. The second kappa shape index (κ2) is 9.03. The zero-order valence-corrected chi connectivity index (χ0v) is 21.9. The van der Waals surface area contributed by atoms with Crippen molar-refractivity contribution in [3.8, 4) is 5.75 Å². The molecule has 2 aromatic rings. The minimum absolute atomic E-state index is 0.154. The van der Waals surface area contributed by atoms with E-state index < -0.39 is 49.8 Å². The Hall–Kier alpha value is -1.77. The lowest BCUT2D eigenvalue weighted by Crippen LogP contribution is -3.34. The molecule has 2 N–H and O–H groups in total. The van der Waals surface area contributed by atoms with Gasteiger partial charge in [-0.1, -0.05) is 0 Å². The maximum atomic E-state index is 14.9. The first-order valence-corrected chi connectivity index (χ1v) is 13.1. The third-order valence-corrected chi connectivity index (χ3v) is 8.80. The van der Waals surface area contributed by atoms with E-state index >= 15 is 0 Å². The highest BCUT2D eigenvalue weighted by Crippen LogP contribution is 2.51. The Morgan fingerprint density at radius 3 is 2.41 bits per heavy atom. The molecule has 0 radical (unpaired) electrons. The summed E-state index contributed by atoms with van der Waals surface area (Å²) in [5, 5.41) is 2.49. The molecule has 7 nitrogen and oxygen atoms in total. The summed E-state index contributed by atoms with van der Waals surface area (Å²) in [6.07, 6.45) is 0.474. The van der Waals surface area contributed by atoms with Gasteiger partial charge in [0.25, 0.3) is 22.6 Å². The number of sulfonamides is 1. The van der Waals surface area contributed by atoms with Crippen LogP contribution in [0.1, 0.15) is 33.1 Å². The highest BCUT2D eigenvalue weighted by Gasteiger charge is 2.57. The fraction of sp³-hybridized carbons (Fsp3) is 0.455. The van der Waals surface area contributed by atoms with Gasteiger partial charge in [0.1, 0.15) is 17.1 Å². The Morgan fingerprint density at radius 1 is 1.15 bits per heavy atom. The number of halogens is 4. The number of hydrogen-bond donors (Lipinski definition) is 2. The van der Waals surface area contributed by atoms with Gasteiger partial charge < -0.3 is 19.5 Å². The second-order valence-electron chi connectivity index (χ2n) is 8.83. The lowest BCUT2D eigenvalue weighted by Gasteiger charge is -2.24. The summed E-state index contributed by atoms with van der Waals surface area (Å²) in [4.78, 5) is 0. The van der Waals surface area contributed by atoms with Gasteiger partial charge in [-0.05, 0) is 45.2 Å². The van der Waals surface area contributed by atoms with Crippen LogP contribution in [0.4, 0.5) is 30.2 Å². The third-order valence-electron chi connectivity index (χ3n) is 5.88. The summed E-state index contributed by atoms with van der Waals surface area (Å²) in [6.45, 7) is 3.74. The van der Waals surface area contributed by atoms with Crippen molar-refractivity contribution in [2.75, 3.05) is 23.8 Å². The van der Waals surface area contributed by atoms with Crippen molar-refractivity contribution in [2.24, 2.45) is 0 Å². The average Bonchev–Trinajstić information content (AvgIpc) is 3.46. The molecule has 1 aliphatic heterocycles. The summed E-state index contributed by atoms with van der Waals surface area (Å²) < 4.78 is 88.8. The van der Waals surface area contributed by atoms with Gasteiger partial charge in [-0.25, -0.2) is 21.6 Å². The zero-order chi connectivity index (χ0) is 24.9. The largest absolute Gasteiger partial charge is 0.494 e. The fourth-order valence-electron chi connectivity index (χ4n) is 3.96. The third kappa shape index (κ3) is 4.95. The number of methoxy groups -OCH3 is 1. The topological polar surface area (TPSA) is 85.9 Å². The molecule has 1 saturated carbocycles. The SMILES string of the molecule is COc1cc(F)c(F)c(Nc2ccc([IH+])cc2F)c1NS(=O)(=O)C1(C[C@H]2COC(C)(C)O2)CC1. The number of rotatable bonds is 8. The van der Waals surface area contributed by atoms with Crippen LogP contribution in [0.25, 0.3) is 0 Å². The second-order valence-corrected chi connectivity index (χ2v) is 12.3. The highest BCUT2D eigenvalue weighted by molar-refractivity contribution is 7.94.